The van der Waals surface area contributed by atoms with Gasteiger partial charge in [0.15, 0.2) is 5.96 Å². The molecule has 1 aromatic carbocycles. The fraction of sp³-hybridized carbons (Fsp3) is 0.300. The van der Waals surface area contributed by atoms with Gasteiger partial charge < -0.3 is 11.1 Å². The number of guanidine groups is 1. The first-order valence-corrected chi connectivity index (χ1v) is 4.57. The van der Waals surface area contributed by atoms with Crippen LogP contribution in [0.3, 0.4) is 0 Å². The molecule has 1 unspecified atom stereocenters. The van der Waals surface area contributed by atoms with E-state index in [9.17, 15) is 4.39 Å². The third kappa shape index (κ3) is 1.84. The number of rotatable bonds is 1. The summed E-state index contributed by atoms with van der Waals surface area (Å²) in [6.45, 7) is 0.723. The largest absolute Gasteiger partial charge is 0.370 e. The molecule has 0 fully saturated rings. The van der Waals surface area contributed by atoms with E-state index in [1.165, 1.54) is 12.1 Å². The lowest BCUT2D eigenvalue weighted by molar-refractivity contribution is 0.565. The number of nitrogens with two attached hydrogens (primary N) is 1. The topological polar surface area (TPSA) is 50.4 Å². The quantitative estimate of drug-likeness (QED) is 0.703. The zero-order valence-corrected chi connectivity index (χ0v) is 7.70. The number of halogens is 1. The van der Waals surface area contributed by atoms with E-state index in [-0.39, 0.29) is 11.9 Å². The summed E-state index contributed by atoms with van der Waals surface area (Å²) in [6.07, 6.45) is 0.895. The Kier molecular flexibility index (Phi) is 2.35. The van der Waals surface area contributed by atoms with Gasteiger partial charge in [0, 0.05) is 6.54 Å². The van der Waals surface area contributed by atoms with Gasteiger partial charge in [-0.3, -0.25) is 4.99 Å². The highest BCUT2D eigenvalue weighted by Gasteiger charge is 2.15. The average Bonchev–Trinajstić information content (AvgIpc) is 2.19. The fourth-order valence-electron chi connectivity index (χ4n) is 1.56. The van der Waals surface area contributed by atoms with Crippen molar-refractivity contribution in [2.24, 2.45) is 10.7 Å². The lowest BCUT2D eigenvalue weighted by Gasteiger charge is -2.22. The van der Waals surface area contributed by atoms with Crippen LogP contribution < -0.4 is 11.1 Å². The summed E-state index contributed by atoms with van der Waals surface area (Å²) in [5, 5.41) is 3.06. The van der Waals surface area contributed by atoms with Gasteiger partial charge in [-0.15, -0.1) is 0 Å². The monoisotopic (exact) mass is 193 g/mol. The van der Waals surface area contributed by atoms with Crippen LogP contribution in [0.25, 0.3) is 0 Å². The highest BCUT2D eigenvalue weighted by Crippen LogP contribution is 2.18. The SMILES string of the molecule is NC1=NCCC(c2ccc(F)cc2)N1. The maximum absolute atomic E-state index is 12.7. The van der Waals surface area contributed by atoms with E-state index in [4.69, 9.17) is 5.73 Å². The number of hydrogen-bond acceptors (Lipinski definition) is 3. The van der Waals surface area contributed by atoms with E-state index in [2.05, 4.69) is 10.3 Å². The molecule has 3 N–H and O–H groups in total. The second-order valence-electron chi connectivity index (χ2n) is 3.30. The summed E-state index contributed by atoms with van der Waals surface area (Å²) in [5.74, 6) is 0.247. The van der Waals surface area contributed by atoms with Crippen LogP contribution in [0, 0.1) is 5.82 Å². The minimum Gasteiger partial charge on any atom is -0.370 e. The van der Waals surface area contributed by atoms with Crippen molar-refractivity contribution in [2.75, 3.05) is 6.54 Å². The predicted octanol–water partition coefficient (Wildman–Crippen LogP) is 1.17. The summed E-state index contributed by atoms with van der Waals surface area (Å²) in [7, 11) is 0. The van der Waals surface area contributed by atoms with Crippen molar-refractivity contribution in [1.82, 2.24) is 5.32 Å². The van der Waals surface area contributed by atoms with Crippen molar-refractivity contribution in [3.63, 3.8) is 0 Å². The van der Waals surface area contributed by atoms with E-state index in [0.29, 0.717) is 5.96 Å². The summed E-state index contributed by atoms with van der Waals surface area (Å²) in [4.78, 5) is 4.03. The third-order valence-electron chi connectivity index (χ3n) is 2.29. The fourth-order valence-corrected chi connectivity index (χ4v) is 1.56. The van der Waals surface area contributed by atoms with Crippen LogP contribution >= 0.6 is 0 Å². The first-order chi connectivity index (χ1) is 6.75. The molecule has 1 aliphatic heterocycles. The first kappa shape index (κ1) is 8.99. The predicted molar refractivity (Wildman–Crippen MR) is 53.4 cm³/mol. The van der Waals surface area contributed by atoms with Crippen LogP contribution in [-0.4, -0.2) is 12.5 Å². The van der Waals surface area contributed by atoms with Crippen LogP contribution in [0.5, 0.6) is 0 Å². The maximum atomic E-state index is 12.7. The molecule has 1 aliphatic rings. The Morgan fingerprint density at radius 2 is 2.07 bits per heavy atom. The molecule has 4 heteroatoms. The summed E-state index contributed by atoms with van der Waals surface area (Å²) in [6, 6.07) is 6.61. The Bertz CT molecular complexity index is 345. The van der Waals surface area contributed by atoms with Crippen molar-refractivity contribution in [3.05, 3.63) is 35.6 Å². The Labute approximate surface area is 81.8 Å². The zero-order chi connectivity index (χ0) is 9.97. The van der Waals surface area contributed by atoms with Crippen LogP contribution in [0.2, 0.25) is 0 Å². The summed E-state index contributed by atoms with van der Waals surface area (Å²) in [5.41, 5.74) is 6.60. The van der Waals surface area contributed by atoms with Crippen LogP contribution in [-0.2, 0) is 0 Å². The molecule has 1 atom stereocenters. The van der Waals surface area contributed by atoms with Gasteiger partial charge in [0.25, 0.3) is 0 Å². The van der Waals surface area contributed by atoms with Crippen molar-refractivity contribution in [3.8, 4) is 0 Å². The van der Waals surface area contributed by atoms with Crippen molar-refractivity contribution in [1.29, 1.82) is 0 Å². The second kappa shape index (κ2) is 3.65. The van der Waals surface area contributed by atoms with E-state index in [1.54, 1.807) is 12.1 Å². The molecule has 1 heterocycles. The standard InChI is InChI=1S/C10H12FN3/c11-8-3-1-7(2-4-8)9-5-6-13-10(12)14-9/h1-4,9H,5-6H2,(H3,12,13,14). The molecule has 0 saturated carbocycles. The minimum atomic E-state index is -0.216. The van der Waals surface area contributed by atoms with Crippen molar-refractivity contribution < 1.29 is 4.39 Å². The second-order valence-corrected chi connectivity index (χ2v) is 3.30. The summed E-state index contributed by atoms with van der Waals surface area (Å²) >= 11 is 0. The molecule has 0 aliphatic carbocycles. The van der Waals surface area contributed by atoms with Gasteiger partial charge in [-0.05, 0) is 24.1 Å². The smallest absolute Gasteiger partial charge is 0.189 e. The molecule has 0 saturated heterocycles. The van der Waals surface area contributed by atoms with Crippen molar-refractivity contribution in [2.45, 2.75) is 12.5 Å². The van der Waals surface area contributed by atoms with Gasteiger partial charge >= 0.3 is 0 Å². The average molecular weight is 193 g/mol. The zero-order valence-electron chi connectivity index (χ0n) is 7.70. The van der Waals surface area contributed by atoms with Gasteiger partial charge in [-0.2, -0.15) is 0 Å². The molecular weight excluding hydrogens is 181 g/mol. The van der Waals surface area contributed by atoms with E-state index < -0.39 is 0 Å². The Balaban J connectivity index is 2.16. The number of hydrogen-bond donors (Lipinski definition) is 2. The van der Waals surface area contributed by atoms with Crippen LogP contribution in [0.4, 0.5) is 4.39 Å². The van der Waals surface area contributed by atoms with E-state index in [0.717, 1.165) is 18.5 Å². The van der Waals surface area contributed by atoms with Gasteiger partial charge in [-0.1, -0.05) is 12.1 Å². The molecule has 1 aromatic rings. The lowest BCUT2D eigenvalue weighted by Crippen LogP contribution is -2.38. The first-order valence-electron chi connectivity index (χ1n) is 4.57. The maximum Gasteiger partial charge on any atom is 0.189 e. The van der Waals surface area contributed by atoms with Gasteiger partial charge in [0.2, 0.25) is 0 Å². The highest BCUT2D eigenvalue weighted by molar-refractivity contribution is 5.78. The summed E-state index contributed by atoms with van der Waals surface area (Å²) < 4.78 is 12.7. The number of nitrogens with one attached hydrogen (secondary N) is 1. The molecule has 2 rings (SSSR count). The number of benzene rings is 1. The normalized spacial score (nSPS) is 21.2. The van der Waals surface area contributed by atoms with E-state index >= 15 is 0 Å². The molecule has 3 nitrogen and oxygen atoms in total. The number of nitrogens with zero attached hydrogens (tertiary/aromatic N) is 1. The lowest BCUT2D eigenvalue weighted by atomic mass is 10.0. The van der Waals surface area contributed by atoms with Gasteiger partial charge in [0.05, 0.1) is 6.04 Å². The van der Waals surface area contributed by atoms with Gasteiger partial charge in [-0.25, -0.2) is 4.39 Å². The Morgan fingerprint density at radius 1 is 1.36 bits per heavy atom. The van der Waals surface area contributed by atoms with Crippen LogP contribution in [0.1, 0.15) is 18.0 Å². The Morgan fingerprint density at radius 3 is 2.71 bits per heavy atom. The van der Waals surface area contributed by atoms with Crippen molar-refractivity contribution >= 4 is 5.96 Å². The molecule has 14 heavy (non-hydrogen) atoms. The molecule has 0 bridgehead atoms. The molecule has 74 valence electrons. The molecular formula is C10H12FN3. The minimum absolute atomic E-state index is 0.160. The third-order valence-corrected chi connectivity index (χ3v) is 2.29. The van der Waals surface area contributed by atoms with E-state index in [1.807, 2.05) is 0 Å². The number of aliphatic imine (C=N–C) groups is 1. The molecule has 0 aromatic heterocycles. The van der Waals surface area contributed by atoms with Crippen LogP contribution in [0.15, 0.2) is 29.3 Å². The Hall–Kier alpha value is -1.58. The molecule has 0 radical (unpaired) electrons. The van der Waals surface area contributed by atoms with Gasteiger partial charge in [0.1, 0.15) is 5.82 Å². The molecule has 0 amide bonds. The molecule has 0 spiro atoms. The highest BCUT2D eigenvalue weighted by atomic mass is 19.1.